The Morgan fingerprint density at radius 3 is 2.76 bits per heavy atom. The van der Waals surface area contributed by atoms with E-state index in [1.165, 1.54) is 0 Å². The fourth-order valence-corrected chi connectivity index (χ4v) is 4.14. The van der Waals surface area contributed by atoms with Crippen molar-refractivity contribution in [2.45, 2.75) is 65.0 Å². The van der Waals surface area contributed by atoms with Crippen LogP contribution in [-0.4, -0.2) is 56.9 Å². The van der Waals surface area contributed by atoms with Crippen LogP contribution in [-0.2, 0) is 14.8 Å². The lowest BCUT2D eigenvalue weighted by atomic mass is 10.1. The molecule has 1 aliphatic heterocycles. The fourth-order valence-electron chi connectivity index (χ4n) is 2.51. The van der Waals surface area contributed by atoms with Crippen LogP contribution < -0.4 is 5.32 Å². The Labute approximate surface area is 130 Å². The number of piperidine rings is 1. The molecule has 1 rings (SSSR count). The van der Waals surface area contributed by atoms with E-state index < -0.39 is 10.0 Å². The van der Waals surface area contributed by atoms with Crippen molar-refractivity contribution >= 4 is 10.0 Å². The van der Waals surface area contributed by atoms with Gasteiger partial charge in [-0.25, -0.2) is 8.42 Å². The van der Waals surface area contributed by atoms with E-state index >= 15 is 0 Å². The standard InChI is InChI=1S/C15H32N2O3S/c1-4-11-20-15-8-7-10-17(13-15)21(18,19)12-6-5-9-16-14(2)3/h14-16H,4-13H2,1-3H3. The fraction of sp³-hybridized carbons (Fsp3) is 1.00. The summed E-state index contributed by atoms with van der Waals surface area (Å²) in [5, 5.41) is 3.31. The smallest absolute Gasteiger partial charge is 0.214 e. The molecule has 0 bridgehead atoms. The lowest BCUT2D eigenvalue weighted by molar-refractivity contribution is 0.0193. The lowest BCUT2D eigenvalue weighted by Gasteiger charge is -2.31. The number of nitrogens with one attached hydrogen (secondary N) is 1. The summed E-state index contributed by atoms with van der Waals surface area (Å²) >= 11 is 0. The molecule has 1 unspecified atom stereocenters. The van der Waals surface area contributed by atoms with Gasteiger partial charge >= 0.3 is 0 Å². The molecule has 0 radical (unpaired) electrons. The van der Waals surface area contributed by atoms with Crippen LogP contribution in [0.15, 0.2) is 0 Å². The van der Waals surface area contributed by atoms with Crippen LogP contribution in [0.5, 0.6) is 0 Å². The molecule has 1 fully saturated rings. The monoisotopic (exact) mass is 320 g/mol. The number of hydrogen-bond acceptors (Lipinski definition) is 4. The zero-order chi connectivity index (χ0) is 15.7. The summed E-state index contributed by atoms with van der Waals surface area (Å²) in [6, 6.07) is 0.458. The van der Waals surface area contributed by atoms with Crippen LogP contribution >= 0.6 is 0 Å². The van der Waals surface area contributed by atoms with Gasteiger partial charge in [0.1, 0.15) is 0 Å². The Morgan fingerprint density at radius 2 is 2.10 bits per heavy atom. The molecular formula is C15H32N2O3S. The summed E-state index contributed by atoms with van der Waals surface area (Å²) in [5.74, 6) is 0.257. The molecule has 6 heteroatoms. The molecule has 1 aliphatic rings. The molecule has 1 N–H and O–H groups in total. The van der Waals surface area contributed by atoms with Gasteiger partial charge in [0.2, 0.25) is 10.0 Å². The van der Waals surface area contributed by atoms with Gasteiger partial charge in [0, 0.05) is 25.7 Å². The topological polar surface area (TPSA) is 58.6 Å². The highest BCUT2D eigenvalue weighted by Crippen LogP contribution is 2.17. The summed E-state index contributed by atoms with van der Waals surface area (Å²) < 4.78 is 32.0. The van der Waals surface area contributed by atoms with Gasteiger partial charge in [0.25, 0.3) is 0 Å². The summed E-state index contributed by atoms with van der Waals surface area (Å²) in [4.78, 5) is 0. The van der Waals surface area contributed by atoms with Gasteiger partial charge in [-0.05, 0) is 38.6 Å². The second kappa shape index (κ2) is 9.77. The first-order chi connectivity index (χ1) is 9.95. The first-order valence-electron chi connectivity index (χ1n) is 8.28. The average Bonchev–Trinajstić information content (AvgIpc) is 2.44. The molecule has 0 spiro atoms. The average molecular weight is 320 g/mol. The van der Waals surface area contributed by atoms with Crippen molar-refractivity contribution in [3.63, 3.8) is 0 Å². The van der Waals surface area contributed by atoms with Crippen molar-refractivity contribution in [3.05, 3.63) is 0 Å². The predicted molar refractivity (Wildman–Crippen MR) is 87.0 cm³/mol. The third-order valence-corrected chi connectivity index (χ3v) is 5.60. The molecule has 5 nitrogen and oxygen atoms in total. The number of ether oxygens (including phenoxy) is 1. The van der Waals surface area contributed by atoms with E-state index in [4.69, 9.17) is 4.74 Å². The zero-order valence-electron chi connectivity index (χ0n) is 13.8. The van der Waals surface area contributed by atoms with Crippen LogP contribution in [0, 0.1) is 0 Å². The van der Waals surface area contributed by atoms with Crippen LogP contribution in [0.1, 0.15) is 52.9 Å². The van der Waals surface area contributed by atoms with Gasteiger partial charge in [0.05, 0.1) is 11.9 Å². The highest BCUT2D eigenvalue weighted by atomic mass is 32.2. The molecule has 21 heavy (non-hydrogen) atoms. The third kappa shape index (κ3) is 7.58. The maximum atomic E-state index is 12.4. The van der Waals surface area contributed by atoms with Crippen molar-refractivity contribution in [1.29, 1.82) is 0 Å². The Hall–Kier alpha value is -0.170. The van der Waals surface area contributed by atoms with Gasteiger partial charge in [-0.3, -0.25) is 0 Å². The van der Waals surface area contributed by atoms with Gasteiger partial charge in [-0.2, -0.15) is 4.31 Å². The molecule has 1 saturated heterocycles. The largest absolute Gasteiger partial charge is 0.377 e. The van der Waals surface area contributed by atoms with Crippen LogP contribution in [0.2, 0.25) is 0 Å². The first kappa shape index (κ1) is 18.9. The minimum Gasteiger partial charge on any atom is -0.377 e. The van der Waals surface area contributed by atoms with E-state index in [2.05, 4.69) is 26.1 Å². The van der Waals surface area contributed by atoms with Crippen LogP contribution in [0.25, 0.3) is 0 Å². The van der Waals surface area contributed by atoms with E-state index in [0.29, 0.717) is 19.1 Å². The maximum Gasteiger partial charge on any atom is 0.214 e. The van der Waals surface area contributed by atoms with E-state index in [1.807, 2.05) is 0 Å². The zero-order valence-corrected chi connectivity index (χ0v) is 14.6. The molecular weight excluding hydrogens is 288 g/mol. The van der Waals surface area contributed by atoms with E-state index in [-0.39, 0.29) is 11.9 Å². The quantitative estimate of drug-likeness (QED) is 0.625. The molecule has 0 saturated carbocycles. The minimum atomic E-state index is -3.12. The number of hydrogen-bond donors (Lipinski definition) is 1. The van der Waals surface area contributed by atoms with Crippen molar-refractivity contribution in [2.24, 2.45) is 0 Å². The second-order valence-corrected chi connectivity index (χ2v) is 8.21. The Bertz CT molecular complexity index is 371. The SMILES string of the molecule is CCCOC1CCCN(S(=O)(=O)CCCCNC(C)C)C1. The Morgan fingerprint density at radius 1 is 1.33 bits per heavy atom. The van der Waals surface area contributed by atoms with Crippen molar-refractivity contribution < 1.29 is 13.2 Å². The highest BCUT2D eigenvalue weighted by Gasteiger charge is 2.28. The minimum absolute atomic E-state index is 0.0797. The number of nitrogens with zero attached hydrogens (tertiary/aromatic N) is 1. The first-order valence-corrected chi connectivity index (χ1v) is 9.89. The van der Waals surface area contributed by atoms with Crippen molar-refractivity contribution in [3.8, 4) is 0 Å². The van der Waals surface area contributed by atoms with Crippen molar-refractivity contribution in [2.75, 3.05) is 32.0 Å². The molecule has 126 valence electrons. The lowest BCUT2D eigenvalue weighted by Crippen LogP contribution is -2.44. The summed E-state index contributed by atoms with van der Waals surface area (Å²) in [6.45, 7) is 9.06. The van der Waals surface area contributed by atoms with Crippen LogP contribution in [0.4, 0.5) is 0 Å². The van der Waals surface area contributed by atoms with Gasteiger partial charge in [-0.15, -0.1) is 0 Å². The molecule has 0 aliphatic carbocycles. The van der Waals surface area contributed by atoms with Crippen LogP contribution in [0.3, 0.4) is 0 Å². The molecule has 0 aromatic heterocycles. The number of rotatable bonds is 10. The summed E-state index contributed by atoms with van der Waals surface area (Å²) in [5.41, 5.74) is 0. The summed E-state index contributed by atoms with van der Waals surface area (Å²) in [7, 11) is -3.12. The van der Waals surface area contributed by atoms with E-state index in [0.717, 1.165) is 45.3 Å². The molecule has 1 heterocycles. The van der Waals surface area contributed by atoms with Gasteiger partial charge < -0.3 is 10.1 Å². The molecule has 0 amide bonds. The molecule has 0 aromatic rings. The van der Waals surface area contributed by atoms with Gasteiger partial charge in [0.15, 0.2) is 0 Å². The summed E-state index contributed by atoms with van der Waals surface area (Å²) in [6.07, 6.45) is 4.56. The third-order valence-electron chi connectivity index (χ3n) is 3.67. The number of unbranched alkanes of at least 4 members (excludes halogenated alkanes) is 1. The molecule has 1 atom stereocenters. The normalized spacial score (nSPS) is 21.0. The van der Waals surface area contributed by atoms with E-state index in [1.54, 1.807) is 4.31 Å². The highest BCUT2D eigenvalue weighted by molar-refractivity contribution is 7.89. The Balaban J connectivity index is 2.32. The molecule has 0 aromatic carbocycles. The van der Waals surface area contributed by atoms with Gasteiger partial charge in [-0.1, -0.05) is 20.8 Å². The Kier molecular flexibility index (Phi) is 8.78. The van der Waals surface area contributed by atoms with Crippen molar-refractivity contribution in [1.82, 2.24) is 9.62 Å². The second-order valence-electron chi connectivity index (χ2n) is 6.12. The maximum absolute atomic E-state index is 12.4. The van der Waals surface area contributed by atoms with E-state index in [9.17, 15) is 8.42 Å². The number of sulfonamides is 1. The predicted octanol–water partition coefficient (Wildman–Crippen LogP) is 1.99.